The molecule has 0 aromatic heterocycles. The number of amides is 2. The van der Waals surface area contributed by atoms with Crippen LogP contribution in [0, 0.1) is 0 Å². The minimum absolute atomic E-state index is 0.146. The number of hydrogen-bond donors (Lipinski definition) is 2. The fourth-order valence-electron chi connectivity index (χ4n) is 2.28. The molecule has 1 unspecified atom stereocenters. The summed E-state index contributed by atoms with van der Waals surface area (Å²) >= 11 is 6.07. The van der Waals surface area contributed by atoms with Crippen molar-refractivity contribution in [1.29, 1.82) is 0 Å². The van der Waals surface area contributed by atoms with Gasteiger partial charge in [-0.1, -0.05) is 60.1 Å². The van der Waals surface area contributed by atoms with E-state index in [1.807, 2.05) is 48.5 Å². The maximum absolute atomic E-state index is 12.2. The molecule has 0 spiro atoms. The summed E-state index contributed by atoms with van der Waals surface area (Å²) in [7, 11) is 0. The van der Waals surface area contributed by atoms with E-state index in [9.17, 15) is 9.59 Å². The number of carbonyl (C=O) groups is 2. The van der Waals surface area contributed by atoms with E-state index in [0.717, 1.165) is 11.1 Å². The lowest BCUT2D eigenvalue weighted by molar-refractivity contribution is -0.122. The van der Waals surface area contributed by atoms with Crippen molar-refractivity contribution in [3.63, 3.8) is 0 Å². The molecule has 0 aliphatic carbocycles. The Bertz CT molecular complexity index is 674. The maximum Gasteiger partial charge on any atom is 0.222 e. The van der Waals surface area contributed by atoms with Crippen LogP contribution in [0.3, 0.4) is 0 Å². The van der Waals surface area contributed by atoms with E-state index in [0.29, 0.717) is 11.6 Å². The zero-order valence-electron chi connectivity index (χ0n) is 12.9. The van der Waals surface area contributed by atoms with Gasteiger partial charge in [-0.05, 0) is 17.2 Å². The van der Waals surface area contributed by atoms with Crippen molar-refractivity contribution in [1.82, 2.24) is 10.6 Å². The van der Waals surface area contributed by atoms with Gasteiger partial charge < -0.3 is 10.6 Å². The second-order valence-corrected chi connectivity index (χ2v) is 5.64. The molecule has 0 aliphatic rings. The van der Waals surface area contributed by atoms with Gasteiger partial charge in [0, 0.05) is 18.5 Å². The van der Waals surface area contributed by atoms with Crippen LogP contribution < -0.4 is 10.6 Å². The summed E-state index contributed by atoms with van der Waals surface area (Å²) < 4.78 is 0. The van der Waals surface area contributed by atoms with Crippen LogP contribution in [-0.4, -0.2) is 11.8 Å². The largest absolute Gasteiger partial charge is 0.352 e. The Morgan fingerprint density at radius 3 is 2.35 bits per heavy atom. The Labute approximate surface area is 140 Å². The summed E-state index contributed by atoms with van der Waals surface area (Å²) in [6.07, 6.45) is 0.175. The number of halogens is 1. The molecule has 0 radical (unpaired) electrons. The zero-order valence-corrected chi connectivity index (χ0v) is 13.6. The third-order valence-corrected chi connectivity index (χ3v) is 3.77. The highest BCUT2D eigenvalue weighted by molar-refractivity contribution is 6.31. The van der Waals surface area contributed by atoms with Gasteiger partial charge in [0.15, 0.2) is 0 Å². The van der Waals surface area contributed by atoms with Crippen molar-refractivity contribution in [2.75, 3.05) is 0 Å². The predicted octanol–water partition coefficient (Wildman–Crippen LogP) is 3.22. The van der Waals surface area contributed by atoms with Gasteiger partial charge >= 0.3 is 0 Å². The van der Waals surface area contributed by atoms with Gasteiger partial charge in [-0.3, -0.25) is 9.59 Å². The van der Waals surface area contributed by atoms with Gasteiger partial charge in [0.25, 0.3) is 0 Å². The molecular weight excluding hydrogens is 312 g/mol. The Hall–Kier alpha value is -2.33. The van der Waals surface area contributed by atoms with E-state index in [1.54, 1.807) is 6.07 Å². The zero-order chi connectivity index (χ0) is 16.7. The summed E-state index contributed by atoms with van der Waals surface area (Å²) in [6.45, 7) is 1.80. The lowest BCUT2D eigenvalue weighted by Gasteiger charge is -2.18. The fourth-order valence-corrected chi connectivity index (χ4v) is 2.48. The predicted molar refractivity (Wildman–Crippen MR) is 90.9 cm³/mol. The molecule has 2 amide bonds. The van der Waals surface area contributed by atoms with Crippen molar-refractivity contribution < 1.29 is 9.59 Å². The molecule has 23 heavy (non-hydrogen) atoms. The van der Waals surface area contributed by atoms with E-state index < -0.39 is 0 Å². The number of hydrogen-bond acceptors (Lipinski definition) is 2. The van der Waals surface area contributed by atoms with Crippen molar-refractivity contribution in [3.05, 3.63) is 70.7 Å². The summed E-state index contributed by atoms with van der Waals surface area (Å²) in [6, 6.07) is 16.5. The number of carbonyl (C=O) groups excluding carboxylic acids is 2. The van der Waals surface area contributed by atoms with E-state index in [2.05, 4.69) is 10.6 Å². The highest BCUT2D eigenvalue weighted by Gasteiger charge is 2.16. The molecule has 0 heterocycles. The van der Waals surface area contributed by atoms with Crippen LogP contribution in [-0.2, 0) is 16.1 Å². The third kappa shape index (κ3) is 5.42. The monoisotopic (exact) mass is 330 g/mol. The molecule has 2 rings (SSSR count). The quantitative estimate of drug-likeness (QED) is 0.854. The van der Waals surface area contributed by atoms with Crippen LogP contribution in [0.1, 0.15) is 30.5 Å². The standard InChI is InChI=1S/C18H19ClN2O2/c1-13(22)21-17(14-7-3-2-4-8-14)11-18(23)20-12-15-9-5-6-10-16(15)19/h2-10,17H,11-12H2,1H3,(H,20,23)(H,21,22). The van der Waals surface area contributed by atoms with Crippen LogP contribution >= 0.6 is 11.6 Å². The molecule has 2 N–H and O–H groups in total. The first-order valence-electron chi connectivity index (χ1n) is 7.38. The lowest BCUT2D eigenvalue weighted by Crippen LogP contribution is -2.32. The van der Waals surface area contributed by atoms with Gasteiger partial charge in [0.1, 0.15) is 0 Å². The van der Waals surface area contributed by atoms with Crippen molar-refractivity contribution >= 4 is 23.4 Å². The first-order chi connectivity index (χ1) is 11.1. The Balaban J connectivity index is 1.98. The van der Waals surface area contributed by atoms with E-state index in [-0.39, 0.29) is 24.3 Å². The normalized spacial score (nSPS) is 11.6. The summed E-state index contributed by atoms with van der Waals surface area (Å²) in [5, 5.41) is 6.27. The Morgan fingerprint density at radius 1 is 1.04 bits per heavy atom. The maximum atomic E-state index is 12.2. The molecular formula is C18H19ClN2O2. The SMILES string of the molecule is CC(=O)NC(CC(=O)NCc1ccccc1Cl)c1ccccc1. The van der Waals surface area contributed by atoms with Gasteiger partial charge in [0.2, 0.25) is 11.8 Å². The highest BCUT2D eigenvalue weighted by atomic mass is 35.5. The molecule has 2 aromatic carbocycles. The Morgan fingerprint density at radius 2 is 1.70 bits per heavy atom. The first-order valence-corrected chi connectivity index (χ1v) is 7.76. The van der Waals surface area contributed by atoms with Crippen LogP contribution in [0.15, 0.2) is 54.6 Å². The molecule has 0 saturated heterocycles. The summed E-state index contributed by atoms with van der Waals surface area (Å²) in [5.74, 6) is -0.315. The number of benzene rings is 2. The fraction of sp³-hybridized carbons (Fsp3) is 0.222. The van der Waals surface area contributed by atoms with E-state index in [4.69, 9.17) is 11.6 Å². The molecule has 1 atom stereocenters. The van der Waals surface area contributed by atoms with Gasteiger partial charge in [-0.2, -0.15) is 0 Å². The van der Waals surface area contributed by atoms with E-state index in [1.165, 1.54) is 6.92 Å². The molecule has 0 aliphatic heterocycles. The van der Waals surface area contributed by atoms with E-state index >= 15 is 0 Å². The first kappa shape index (κ1) is 17.0. The van der Waals surface area contributed by atoms with Crippen LogP contribution in [0.5, 0.6) is 0 Å². The lowest BCUT2D eigenvalue weighted by atomic mass is 10.0. The van der Waals surface area contributed by atoms with Crippen LogP contribution in [0.4, 0.5) is 0 Å². The molecule has 4 nitrogen and oxygen atoms in total. The van der Waals surface area contributed by atoms with Gasteiger partial charge in [0.05, 0.1) is 12.5 Å². The van der Waals surface area contributed by atoms with Gasteiger partial charge in [-0.25, -0.2) is 0 Å². The molecule has 0 saturated carbocycles. The molecule has 5 heteroatoms. The molecule has 0 bridgehead atoms. The summed E-state index contributed by atoms with van der Waals surface area (Å²) in [4.78, 5) is 23.6. The van der Waals surface area contributed by atoms with Crippen molar-refractivity contribution in [2.45, 2.75) is 25.9 Å². The topological polar surface area (TPSA) is 58.2 Å². The van der Waals surface area contributed by atoms with Crippen molar-refractivity contribution in [3.8, 4) is 0 Å². The minimum Gasteiger partial charge on any atom is -0.352 e. The van der Waals surface area contributed by atoms with Crippen LogP contribution in [0.2, 0.25) is 5.02 Å². The average Bonchev–Trinajstić information content (AvgIpc) is 2.54. The molecule has 2 aromatic rings. The third-order valence-electron chi connectivity index (χ3n) is 3.40. The smallest absolute Gasteiger partial charge is 0.222 e. The Kier molecular flexibility index (Phi) is 6.18. The summed E-state index contributed by atoms with van der Waals surface area (Å²) in [5.41, 5.74) is 1.76. The van der Waals surface area contributed by atoms with Crippen LogP contribution in [0.25, 0.3) is 0 Å². The second kappa shape index (κ2) is 8.34. The minimum atomic E-state index is -0.347. The number of nitrogens with one attached hydrogen (secondary N) is 2. The molecule has 120 valence electrons. The molecule has 0 fully saturated rings. The average molecular weight is 331 g/mol. The number of rotatable bonds is 6. The highest BCUT2D eigenvalue weighted by Crippen LogP contribution is 2.17. The van der Waals surface area contributed by atoms with Gasteiger partial charge in [-0.15, -0.1) is 0 Å². The second-order valence-electron chi connectivity index (χ2n) is 5.24. The van der Waals surface area contributed by atoms with Crippen molar-refractivity contribution in [2.24, 2.45) is 0 Å².